The van der Waals surface area contributed by atoms with Crippen molar-refractivity contribution in [2.45, 2.75) is 126 Å². The molecule has 0 bridgehead atoms. The van der Waals surface area contributed by atoms with Gasteiger partial charge in [-0.3, -0.25) is 24.0 Å². The number of carbonyl (C=O) groups excluding carboxylic acids is 3. The van der Waals surface area contributed by atoms with Gasteiger partial charge in [-0.2, -0.15) is 18.2 Å². The fourth-order valence-corrected chi connectivity index (χ4v) is 9.61. The second-order valence-electron chi connectivity index (χ2n) is 17.1. The molecule has 2 aromatic rings. The molecule has 0 unspecified atom stereocenters. The Balaban J connectivity index is 1.45. The van der Waals surface area contributed by atoms with E-state index in [0.29, 0.717) is 50.3 Å². The zero-order valence-electron chi connectivity index (χ0n) is 33.8. The van der Waals surface area contributed by atoms with Crippen molar-refractivity contribution in [2.24, 2.45) is 17.8 Å². The van der Waals surface area contributed by atoms with Gasteiger partial charge in [-0.15, -0.1) is 0 Å². The molecule has 6 rings (SSSR count). The quantitative estimate of drug-likeness (QED) is 0.209. The van der Waals surface area contributed by atoms with Crippen molar-refractivity contribution in [3.05, 3.63) is 42.2 Å². The Morgan fingerprint density at radius 2 is 1.85 bits per heavy atom. The van der Waals surface area contributed by atoms with E-state index in [0.717, 1.165) is 4.90 Å². The molecule has 1 aromatic heterocycles. The van der Waals surface area contributed by atoms with E-state index in [-0.39, 0.29) is 48.3 Å². The van der Waals surface area contributed by atoms with Crippen molar-refractivity contribution < 1.29 is 59.7 Å². The van der Waals surface area contributed by atoms with E-state index in [2.05, 4.69) is 15.0 Å². The number of benzene rings is 1. The number of methoxy groups -OCH3 is 1. The first-order chi connectivity index (χ1) is 27.5. The van der Waals surface area contributed by atoms with Gasteiger partial charge < -0.3 is 24.8 Å². The summed E-state index contributed by atoms with van der Waals surface area (Å²) in [4.78, 5) is 62.2. The summed E-state index contributed by atoms with van der Waals surface area (Å²) in [6, 6.07) is 1.80. The van der Waals surface area contributed by atoms with Gasteiger partial charge in [0.15, 0.2) is 0 Å². The summed E-state index contributed by atoms with van der Waals surface area (Å²) >= 11 is 0. The highest BCUT2D eigenvalue weighted by atomic mass is 32.2. The normalized spacial score (nSPS) is 29.2. The standard InChI is InChI=1S/C40H51F4N5O9S/c1-7-23-16-22(2)10-8-9-11-25-20-39(25,35(52)47-59(55,56)38(5)14-15-38)46-32(50)29-19-27(58-33-28-13-12-26(41)17-24(28)18-30(45-33)57-6)21-48(29)34(51)31(23)49(36(53)54)37(3,4)40(42,43)44/h9,11-13,17-18,22-23,25,27,29,31H,7-8,10,14-16,19-21H2,1-6H3,(H,46,50)(H,47,52)(H,53,54)/b11-9-/t22-,23+,25+,27+,29-,31-,39+/m0/s1. The minimum Gasteiger partial charge on any atom is -0.481 e. The van der Waals surface area contributed by atoms with Gasteiger partial charge in [0, 0.05) is 23.8 Å². The predicted octanol–water partition coefficient (Wildman–Crippen LogP) is 5.70. The number of aromatic nitrogens is 1. The Hall–Kier alpha value is -4.68. The van der Waals surface area contributed by atoms with E-state index in [9.17, 15) is 45.5 Å². The van der Waals surface area contributed by atoms with Crippen molar-refractivity contribution in [2.75, 3.05) is 13.7 Å². The number of alkyl halides is 3. The average Bonchev–Trinajstić information content (AvgIpc) is 4.03. The first-order valence-electron chi connectivity index (χ1n) is 19.7. The maximum atomic E-state index is 15.1. The number of nitrogens with zero attached hydrogens (tertiary/aromatic N) is 3. The first kappa shape index (κ1) is 43.9. The minimum absolute atomic E-state index is 0.0207. The molecule has 3 N–H and O–H groups in total. The fraction of sp³-hybridized carbons (Fsp3) is 0.625. The summed E-state index contributed by atoms with van der Waals surface area (Å²) in [5, 5.41) is 13.9. The van der Waals surface area contributed by atoms with Crippen LogP contribution in [0.5, 0.6) is 11.8 Å². The number of rotatable bonds is 9. The van der Waals surface area contributed by atoms with E-state index in [1.54, 1.807) is 19.1 Å². The van der Waals surface area contributed by atoms with Crippen molar-refractivity contribution in [1.29, 1.82) is 0 Å². The summed E-state index contributed by atoms with van der Waals surface area (Å²) in [6.07, 6.45) is -3.11. The number of sulfonamides is 1. The molecule has 1 saturated heterocycles. The maximum absolute atomic E-state index is 15.1. The summed E-state index contributed by atoms with van der Waals surface area (Å²) < 4.78 is 97.7. The van der Waals surface area contributed by atoms with Gasteiger partial charge in [-0.1, -0.05) is 32.4 Å². The smallest absolute Gasteiger partial charge is 0.411 e. The van der Waals surface area contributed by atoms with Crippen LogP contribution in [-0.4, -0.2) is 106 Å². The number of hydrogen-bond donors (Lipinski definition) is 3. The van der Waals surface area contributed by atoms with Crippen LogP contribution in [0.2, 0.25) is 0 Å². The molecular formula is C40H51F4N5O9S. The predicted molar refractivity (Wildman–Crippen MR) is 206 cm³/mol. The molecule has 4 aliphatic rings. The lowest BCUT2D eigenvalue weighted by Gasteiger charge is -2.46. The van der Waals surface area contributed by atoms with Gasteiger partial charge in [-0.25, -0.2) is 17.6 Å². The molecule has 14 nitrogen and oxygen atoms in total. The van der Waals surface area contributed by atoms with E-state index in [1.807, 2.05) is 6.92 Å². The zero-order valence-corrected chi connectivity index (χ0v) is 34.6. The summed E-state index contributed by atoms with van der Waals surface area (Å²) in [5.41, 5.74) is -4.82. The largest absolute Gasteiger partial charge is 0.481 e. The molecule has 19 heteroatoms. The van der Waals surface area contributed by atoms with Crippen LogP contribution in [0.1, 0.15) is 86.0 Å². The van der Waals surface area contributed by atoms with Crippen LogP contribution < -0.4 is 19.5 Å². The van der Waals surface area contributed by atoms with E-state index < -0.39 is 98.2 Å². The Morgan fingerprint density at radius 1 is 1.15 bits per heavy atom. The molecule has 3 fully saturated rings. The lowest BCUT2D eigenvalue weighted by atomic mass is 9.82. The monoisotopic (exact) mass is 853 g/mol. The molecule has 2 saturated carbocycles. The summed E-state index contributed by atoms with van der Waals surface area (Å²) in [7, 11) is -2.82. The van der Waals surface area contributed by atoms with Gasteiger partial charge in [0.2, 0.25) is 33.6 Å². The summed E-state index contributed by atoms with van der Waals surface area (Å²) in [6.45, 7) is 5.93. The van der Waals surface area contributed by atoms with Crippen molar-refractivity contribution >= 4 is 44.6 Å². The Morgan fingerprint density at radius 3 is 2.46 bits per heavy atom. The van der Waals surface area contributed by atoms with Crippen LogP contribution in [-0.2, 0) is 24.4 Å². The van der Waals surface area contributed by atoms with Crippen LogP contribution in [0.25, 0.3) is 10.8 Å². The van der Waals surface area contributed by atoms with Crippen LogP contribution in [0, 0.1) is 23.6 Å². The van der Waals surface area contributed by atoms with E-state index in [4.69, 9.17) is 9.47 Å². The van der Waals surface area contributed by atoms with E-state index in [1.165, 1.54) is 38.3 Å². The number of amides is 4. The Labute approximate surface area is 340 Å². The molecular weight excluding hydrogens is 803 g/mol. The second kappa shape index (κ2) is 15.7. The number of fused-ring (bicyclic) bond motifs is 3. The minimum atomic E-state index is -5.12. The first-order valence-corrected chi connectivity index (χ1v) is 21.2. The molecule has 7 atom stereocenters. The molecule has 3 heterocycles. The van der Waals surface area contributed by atoms with Gasteiger partial charge in [0.25, 0.3) is 5.91 Å². The third kappa shape index (κ3) is 8.40. The third-order valence-electron chi connectivity index (χ3n) is 12.6. The highest BCUT2D eigenvalue weighted by Gasteiger charge is 2.64. The van der Waals surface area contributed by atoms with Gasteiger partial charge >= 0.3 is 12.3 Å². The topological polar surface area (TPSA) is 185 Å². The Bertz CT molecular complexity index is 2150. The highest BCUT2D eigenvalue weighted by Crippen LogP contribution is 2.48. The Kier molecular flexibility index (Phi) is 11.7. The lowest BCUT2D eigenvalue weighted by Crippen LogP contribution is -2.66. The van der Waals surface area contributed by atoms with Crippen molar-refractivity contribution in [3.63, 3.8) is 0 Å². The SMILES string of the molecule is CC[C@@H]1C[C@@H](C)CC/C=C\[C@@H]2C[C@@]2(C(=O)NS(=O)(=O)C2(C)CC2)NC(=O)[C@@H]2C[C@@H](Oc3nc(OC)cc4cc(F)ccc34)CN2C(=O)[C@H]1N(C(=O)O)C(C)(C)C(F)(F)F. The van der Waals surface area contributed by atoms with Gasteiger partial charge in [0.05, 0.1) is 18.4 Å². The molecule has 4 amide bonds. The average molecular weight is 854 g/mol. The fourth-order valence-electron chi connectivity index (χ4n) is 8.30. The zero-order chi connectivity index (χ0) is 43.5. The number of pyridine rings is 1. The molecule has 2 aliphatic carbocycles. The van der Waals surface area contributed by atoms with Gasteiger partial charge in [-0.05, 0) is 94.7 Å². The highest BCUT2D eigenvalue weighted by molar-refractivity contribution is 7.91. The van der Waals surface area contributed by atoms with Crippen LogP contribution in [0.15, 0.2) is 36.4 Å². The lowest BCUT2D eigenvalue weighted by molar-refractivity contribution is -0.222. The molecule has 324 valence electrons. The van der Waals surface area contributed by atoms with Crippen LogP contribution in [0.4, 0.5) is 22.4 Å². The molecule has 59 heavy (non-hydrogen) atoms. The van der Waals surface area contributed by atoms with Crippen LogP contribution >= 0.6 is 0 Å². The second-order valence-corrected chi connectivity index (χ2v) is 19.3. The number of allylic oxidation sites excluding steroid dienone is 1. The molecule has 2 aliphatic heterocycles. The molecule has 0 radical (unpaired) electrons. The number of ether oxygens (including phenoxy) is 2. The number of halogens is 4. The van der Waals surface area contributed by atoms with Crippen LogP contribution in [0.3, 0.4) is 0 Å². The molecule has 0 spiro atoms. The number of hydrogen-bond acceptors (Lipinski definition) is 9. The van der Waals surface area contributed by atoms with Crippen molar-refractivity contribution in [1.82, 2.24) is 24.8 Å². The maximum Gasteiger partial charge on any atom is 0.411 e. The van der Waals surface area contributed by atoms with Crippen molar-refractivity contribution in [3.8, 4) is 11.8 Å². The third-order valence-corrected chi connectivity index (χ3v) is 14.7. The number of carbonyl (C=O) groups is 4. The number of nitrogens with one attached hydrogen (secondary N) is 2. The molecule has 1 aromatic carbocycles. The van der Waals surface area contributed by atoms with E-state index >= 15 is 4.79 Å². The number of carboxylic acid groups (broad SMARTS) is 1. The van der Waals surface area contributed by atoms with Gasteiger partial charge in [0.1, 0.15) is 35.1 Å². The summed E-state index contributed by atoms with van der Waals surface area (Å²) in [5.74, 6) is -5.35.